The molecule has 0 unspecified atom stereocenters. The van der Waals surface area contributed by atoms with Gasteiger partial charge >= 0.3 is 0 Å². The van der Waals surface area contributed by atoms with E-state index in [-0.39, 0.29) is 12.5 Å². The molecule has 1 aliphatic rings. The van der Waals surface area contributed by atoms with Crippen LogP contribution in [0.5, 0.6) is 0 Å². The smallest absolute Gasteiger partial charge is 0.255 e. The van der Waals surface area contributed by atoms with Crippen molar-refractivity contribution in [3.8, 4) is 0 Å². The zero-order chi connectivity index (χ0) is 18.6. The Kier molecular flexibility index (Phi) is 5.13. The number of aromatic nitrogens is 3. The summed E-state index contributed by atoms with van der Waals surface area (Å²) in [5, 5.41) is 9.03. The number of aliphatic hydroxyl groups is 1. The first-order valence-corrected chi connectivity index (χ1v) is 9.22. The molecule has 1 saturated heterocycles. The van der Waals surface area contributed by atoms with Gasteiger partial charge in [-0.15, -0.1) is 0 Å². The summed E-state index contributed by atoms with van der Waals surface area (Å²) < 4.78 is 1.99. The zero-order valence-electron chi connectivity index (χ0n) is 15.2. The Hall–Kier alpha value is -2.77. The van der Waals surface area contributed by atoms with E-state index in [1.54, 1.807) is 12.5 Å². The van der Waals surface area contributed by atoms with Crippen molar-refractivity contribution in [2.24, 2.45) is 0 Å². The molecule has 1 amide bonds. The predicted molar refractivity (Wildman–Crippen MR) is 103 cm³/mol. The largest absolute Gasteiger partial charge is 0.395 e. The second kappa shape index (κ2) is 7.85. The zero-order valence-corrected chi connectivity index (χ0v) is 15.2. The highest BCUT2D eigenvalue weighted by Gasteiger charge is 2.22. The number of aliphatic hydroxyl groups excluding tert-OH is 1. The SMILES string of the molecule is O=C(c1cnc2c(c1)ncn2Cc1ccccc1)N1CCN(CCO)CC1. The van der Waals surface area contributed by atoms with Gasteiger partial charge in [-0.3, -0.25) is 9.69 Å². The maximum absolute atomic E-state index is 12.8. The summed E-state index contributed by atoms with van der Waals surface area (Å²) in [6.45, 7) is 4.42. The number of hydrogen-bond donors (Lipinski definition) is 1. The molecular formula is C20H23N5O2. The van der Waals surface area contributed by atoms with Crippen LogP contribution in [-0.2, 0) is 6.54 Å². The lowest BCUT2D eigenvalue weighted by Gasteiger charge is -2.34. The van der Waals surface area contributed by atoms with Crippen molar-refractivity contribution in [1.29, 1.82) is 0 Å². The van der Waals surface area contributed by atoms with E-state index >= 15 is 0 Å². The summed E-state index contributed by atoms with van der Waals surface area (Å²) in [4.78, 5) is 25.7. The van der Waals surface area contributed by atoms with Gasteiger partial charge in [-0.05, 0) is 11.6 Å². The Morgan fingerprint density at radius 1 is 1.07 bits per heavy atom. The Morgan fingerprint density at radius 2 is 1.85 bits per heavy atom. The van der Waals surface area contributed by atoms with Gasteiger partial charge in [0.05, 0.1) is 25.0 Å². The Bertz CT molecular complexity index is 917. The van der Waals surface area contributed by atoms with Crippen molar-refractivity contribution in [2.45, 2.75) is 6.54 Å². The third-order valence-corrected chi connectivity index (χ3v) is 4.97. The molecule has 7 nitrogen and oxygen atoms in total. The molecule has 7 heteroatoms. The number of amides is 1. The fourth-order valence-electron chi connectivity index (χ4n) is 3.46. The lowest BCUT2D eigenvalue weighted by molar-refractivity contribution is 0.0615. The van der Waals surface area contributed by atoms with Crippen LogP contribution in [0.3, 0.4) is 0 Å². The van der Waals surface area contributed by atoms with Gasteiger partial charge in [0, 0.05) is 38.9 Å². The Balaban J connectivity index is 1.48. The van der Waals surface area contributed by atoms with E-state index in [1.165, 1.54) is 5.56 Å². The summed E-state index contributed by atoms with van der Waals surface area (Å²) in [6.07, 6.45) is 3.42. The number of nitrogens with zero attached hydrogens (tertiary/aromatic N) is 5. The second-order valence-corrected chi connectivity index (χ2v) is 6.78. The third kappa shape index (κ3) is 3.84. The monoisotopic (exact) mass is 365 g/mol. The van der Waals surface area contributed by atoms with Gasteiger partial charge in [0.2, 0.25) is 0 Å². The van der Waals surface area contributed by atoms with Gasteiger partial charge in [0.15, 0.2) is 5.65 Å². The summed E-state index contributed by atoms with van der Waals surface area (Å²) in [5.74, 6) is -0.00865. The number of β-amino-alcohol motifs (C(OH)–C–C–N with tert-alkyl or cyclic N) is 1. The van der Waals surface area contributed by atoms with Crippen molar-refractivity contribution < 1.29 is 9.90 Å². The van der Waals surface area contributed by atoms with Crippen molar-refractivity contribution in [2.75, 3.05) is 39.3 Å². The predicted octanol–water partition coefficient (Wildman–Crippen LogP) is 1.23. The van der Waals surface area contributed by atoms with Crippen LogP contribution in [0, 0.1) is 0 Å². The van der Waals surface area contributed by atoms with Crippen molar-refractivity contribution in [3.05, 3.63) is 60.0 Å². The molecule has 0 atom stereocenters. The molecule has 3 heterocycles. The molecule has 0 bridgehead atoms. The molecule has 1 aliphatic heterocycles. The average molecular weight is 365 g/mol. The Morgan fingerprint density at radius 3 is 2.59 bits per heavy atom. The highest BCUT2D eigenvalue weighted by atomic mass is 16.3. The minimum atomic E-state index is -0.00865. The number of rotatable bonds is 5. The van der Waals surface area contributed by atoms with E-state index in [0.29, 0.717) is 31.7 Å². The van der Waals surface area contributed by atoms with Crippen molar-refractivity contribution in [1.82, 2.24) is 24.3 Å². The molecule has 140 valence electrons. The van der Waals surface area contributed by atoms with Crippen LogP contribution in [0.15, 0.2) is 48.9 Å². The van der Waals surface area contributed by atoms with E-state index in [2.05, 4.69) is 27.0 Å². The first-order chi connectivity index (χ1) is 13.2. The van der Waals surface area contributed by atoms with E-state index in [0.717, 1.165) is 24.3 Å². The van der Waals surface area contributed by atoms with Gasteiger partial charge in [-0.25, -0.2) is 9.97 Å². The molecule has 0 saturated carbocycles. The van der Waals surface area contributed by atoms with Crippen LogP contribution in [0.1, 0.15) is 15.9 Å². The standard InChI is InChI=1S/C20H23N5O2/c26-11-10-23-6-8-24(9-7-23)20(27)17-12-18-19(21-13-17)25(15-22-18)14-16-4-2-1-3-5-16/h1-5,12-13,15,26H,6-11,14H2. The molecule has 1 aromatic carbocycles. The summed E-state index contributed by atoms with van der Waals surface area (Å²) in [7, 11) is 0. The average Bonchev–Trinajstić information content (AvgIpc) is 3.11. The first kappa shape index (κ1) is 17.6. The summed E-state index contributed by atoms with van der Waals surface area (Å²) in [6, 6.07) is 12.0. The fourth-order valence-corrected chi connectivity index (χ4v) is 3.46. The van der Waals surface area contributed by atoms with E-state index < -0.39 is 0 Å². The molecule has 0 radical (unpaired) electrons. The van der Waals surface area contributed by atoms with Gasteiger partial charge < -0.3 is 14.6 Å². The topological polar surface area (TPSA) is 74.5 Å². The lowest BCUT2D eigenvalue weighted by Crippen LogP contribution is -2.49. The molecule has 1 fully saturated rings. The van der Waals surface area contributed by atoms with E-state index in [1.807, 2.05) is 33.7 Å². The number of carbonyl (C=O) groups is 1. The number of carbonyl (C=O) groups excluding carboxylic acids is 1. The minimum Gasteiger partial charge on any atom is -0.395 e. The normalized spacial score (nSPS) is 15.4. The van der Waals surface area contributed by atoms with E-state index in [9.17, 15) is 4.79 Å². The molecule has 0 spiro atoms. The highest BCUT2D eigenvalue weighted by Crippen LogP contribution is 2.16. The van der Waals surface area contributed by atoms with Crippen LogP contribution >= 0.6 is 0 Å². The maximum Gasteiger partial charge on any atom is 0.255 e. The number of piperazine rings is 1. The fraction of sp³-hybridized carbons (Fsp3) is 0.350. The van der Waals surface area contributed by atoms with Crippen LogP contribution in [0.2, 0.25) is 0 Å². The van der Waals surface area contributed by atoms with Crippen molar-refractivity contribution >= 4 is 17.1 Å². The van der Waals surface area contributed by atoms with Gasteiger partial charge in [-0.1, -0.05) is 30.3 Å². The summed E-state index contributed by atoms with van der Waals surface area (Å²) >= 11 is 0. The lowest BCUT2D eigenvalue weighted by atomic mass is 10.2. The van der Waals surface area contributed by atoms with Crippen LogP contribution < -0.4 is 0 Å². The number of hydrogen-bond acceptors (Lipinski definition) is 5. The van der Waals surface area contributed by atoms with Crippen molar-refractivity contribution in [3.63, 3.8) is 0 Å². The van der Waals surface area contributed by atoms with E-state index in [4.69, 9.17) is 5.11 Å². The first-order valence-electron chi connectivity index (χ1n) is 9.22. The Labute approximate surface area is 157 Å². The van der Waals surface area contributed by atoms with Gasteiger partial charge in [0.1, 0.15) is 5.52 Å². The number of fused-ring (bicyclic) bond motifs is 1. The second-order valence-electron chi connectivity index (χ2n) is 6.78. The molecule has 4 rings (SSSR count). The highest BCUT2D eigenvalue weighted by molar-refractivity contribution is 5.96. The number of imidazole rings is 1. The number of pyridine rings is 1. The quantitative estimate of drug-likeness (QED) is 0.736. The number of benzene rings is 1. The molecular weight excluding hydrogens is 342 g/mol. The maximum atomic E-state index is 12.8. The van der Waals surface area contributed by atoms with Crippen LogP contribution in [0.4, 0.5) is 0 Å². The van der Waals surface area contributed by atoms with Gasteiger partial charge in [0.25, 0.3) is 5.91 Å². The minimum absolute atomic E-state index is 0.00865. The molecule has 27 heavy (non-hydrogen) atoms. The molecule has 2 aromatic heterocycles. The molecule has 0 aliphatic carbocycles. The van der Waals surface area contributed by atoms with Gasteiger partial charge in [-0.2, -0.15) is 0 Å². The third-order valence-electron chi connectivity index (χ3n) is 4.97. The van der Waals surface area contributed by atoms with Crippen LogP contribution in [0.25, 0.3) is 11.2 Å². The molecule has 1 N–H and O–H groups in total. The summed E-state index contributed by atoms with van der Waals surface area (Å²) in [5.41, 5.74) is 3.27. The molecule has 3 aromatic rings. The van der Waals surface area contributed by atoms with Crippen LogP contribution in [-0.4, -0.2) is 74.7 Å².